The van der Waals surface area contributed by atoms with Gasteiger partial charge in [-0.15, -0.1) is 0 Å². The van der Waals surface area contributed by atoms with Gasteiger partial charge in [0.25, 0.3) is 0 Å². The van der Waals surface area contributed by atoms with Crippen molar-refractivity contribution in [2.75, 3.05) is 0 Å². The standard InChI is InChI=1S/C17H17NO2.C16H16N2O2.C15H13NO3.C15H15NO.C14H12BrNO.C14H14N2O.C14H13NO2/c1-2-16(19)13-10-11-18-14(13)8-9-15(18)17(20)12-6-4-3-5-7-12;1-11(19)17-13-9-10-18-14(13)7-8-15(18)16(20)12-5-3-2-4-6-12;17-14(10-4-2-1-3-5-10)13-7-6-12-11(15(18)19)8-9-16(12)13;1-11-9-10-16-13(11)7-8-14(16)15(17)12-5-3-2-4-6-12;2*15-11-8-9-16-12(11)6-7-13(16)14(17)10-4-2-1-3-5-10;16-13-8-9-15-11(13)6-7-12(15)14(17)10-4-2-1-3-5-10/h3-9,13H,2,10-11H2,1H3;2-8,13H,9-10H2,1H3,(H,17,19);1-7,11H,8-9H2,(H,18,19);2-8,11H,9-10H2,1H3;1-7,11H,8-9H2;1-7,11H,8-9,15H2;1-7,13,16H,8-9H2. The van der Waals surface area contributed by atoms with Gasteiger partial charge in [-0.2, -0.15) is 0 Å². The lowest BCUT2D eigenvalue weighted by Crippen LogP contribution is -2.24. The van der Waals surface area contributed by atoms with Crippen LogP contribution in [0.4, 0.5) is 0 Å². The maximum Gasteiger partial charge on any atom is 0.312 e. The zero-order valence-electron chi connectivity index (χ0n) is 71.0. The first-order valence-electron chi connectivity index (χ1n) is 43.3. The molecule has 127 heavy (non-hydrogen) atoms. The number of benzene rings is 7. The monoisotopic (exact) mass is 1760 g/mol. The van der Waals surface area contributed by atoms with Gasteiger partial charge >= 0.3 is 5.97 Å². The molecule has 7 aliphatic heterocycles. The number of alkyl halides is 1. The fourth-order valence-electron chi connectivity index (χ4n) is 18.0. The van der Waals surface area contributed by atoms with Crippen LogP contribution in [0.5, 0.6) is 0 Å². The summed E-state index contributed by atoms with van der Waals surface area (Å²) in [5, 5.41) is 21.8. The number of carboxylic acids is 1. The Hall–Kier alpha value is -13.8. The summed E-state index contributed by atoms with van der Waals surface area (Å²) in [7, 11) is 0. The van der Waals surface area contributed by atoms with Crippen LogP contribution in [0.3, 0.4) is 0 Å². The summed E-state index contributed by atoms with van der Waals surface area (Å²) in [6.07, 6.45) is 6.17. The van der Waals surface area contributed by atoms with Crippen LogP contribution < -0.4 is 11.1 Å². The molecule has 5 N–H and O–H groups in total. The number of carboxylic acid groups (broad SMARTS) is 1. The van der Waals surface area contributed by atoms with Gasteiger partial charge in [0.05, 0.1) is 68.7 Å². The van der Waals surface area contributed by atoms with E-state index in [-0.39, 0.29) is 70.2 Å². The highest BCUT2D eigenvalue weighted by Gasteiger charge is 2.35. The largest absolute Gasteiger partial charge is 0.481 e. The second-order valence-electron chi connectivity index (χ2n) is 32.5. The Morgan fingerprint density at radius 2 is 0.591 bits per heavy atom. The number of carbonyl (C=O) groups excluding carboxylic acids is 9. The second kappa shape index (κ2) is 40.0. The lowest BCUT2D eigenvalue weighted by molar-refractivity contribution is -0.138. The minimum Gasteiger partial charge on any atom is -0.481 e. The predicted molar refractivity (Wildman–Crippen MR) is 489 cm³/mol. The molecule has 0 bridgehead atoms. The third-order valence-corrected chi connectivity index (χ3v) is 25.5. The molecule has 21 rings (SSSR count). The van der Waals surface area contributed by atoms with Gasteiger partial charge in [0.1, 0.15) is 5.78 Å². The molecule has 0 saturated heterocycles. The third kappa shape index (κ3) is 19.2. The summed E-state index contributed by atoms with van der Waals surface area (Å²) in [6, 6.07) is 91.8. The fourth-order valence-corrected chi connectivity index (χ4v) is 18.6. The van der Waals surface area contributed by atoms with E-state index in [1.165, 1.54) is 18.3 Å². The highest BCUT2D eigenvalue weighted by molar-refractivity contribution is 9.09. The Morgan fingerprint density at radius 3 is 0.969 bits per heavy atom. The normalized spacial score (nSPS) is 17.5. The number of rotatable bonds is 18. The quantitative estimate of drug-likeness (QED) is 0.0460. The van der Waals surface area contributed by atoms with E-state index in [1.807, 2.05) is 291 Å². The molecule has 7 atom stereocenters. The van der Waals surface area contributed by atoms with Crippen molar-refractivity contribution in [3.05, 3.63) is 416 Å². The molecule has 7 aromatic heterocycles. The van der Waals surface area contributed by atoms with Crippen molar-refractivity contribution in [1.29, 1.82) is 0 Å². The van der Waals surface area contributed by atoms with E-state index in [1.54, 1.807) is 30.3 Å². The van der Waals surface area contributed by atoms with Crippen molar-refractivity contribution in [1.82, 2.24) is 37.3 Å². The Morgan fingerprint density at radius 1 is 0.323 bits per heavy atom. The van der Waals surface area contributed by atoms with Crippen LogP contribution in [0.25, 0.3) is 0 Å². The van der Waals surface area contributed by atoms with Gasteiger partial charge in [0.2, 0.25) is 46.4 Å². The van der Waals surface area contributed by atoms with Crippen molar-refractivity contribution in [3.63, 3.8) is 0 Å². The van der Waals surface area contributed by atoms with E-state index in [2.05, 4.69) is 43.4 Å². The molecule has 0 spiro atoms. The van der Waals surface area contributed by atoms with Gasteiger partial charge in [-0.05, 0) is 136 Å². The van der Waals surface area contributed by atoms with Crippen molar-refractivity contribution >= 4 is 74.1 Å². The van der Waals surface area contributed by atoms with Gasteiger partial charge in [-0.3, -0.25) is 47.9 Å². The summed E-state index contributed by atoms with van der Waals surface area (Å²) < 4.78 is 14.1. The van der Waals surface area contributed by atoms with E-state index in [0.29, 0.717) is 81.6 Å². The fraction of sp³-hybridized carbons (Fsp3) is 0.238. The van der Waals surface area contributed by atoms with E-state index >= 15 is 0 Å². The lowest BCUT2D eigenvalue weighted by Gasteiger charge is -2.09. The van der Waals surface area contributed by atoms with Crippen molar-refractivity contribution in [2.24, 2.45) is 5.73 Å². The number of nitrogens with zero attached hydrogens (tertiary/aromatic N) is 7. The van der Waals surface area contributed by atoms with Crippen LogP contribution in [0.2, 0.25) is 0 Å². The van der Waals surface area contributed by atoms with Gasteiger partial charge in [-0.1, -0.05) is 242 Å². The number of aromatic nitrogens is 7. The smallest absolute Gasteiger partial charge is 0.312 e. The zero-order valence-corrected chi connectivity index (χ0v) is 72.6. The van der Waals surface area contributed by atoms with E-state index in [4.69, 9.17) is 10.8 Å². The summed E-state index contributed by atoms with van der Waals surface area (Å²) >= 11 is 3.62. The van der Waals surface area contributed by atoms with E-state index < -0.39 is 18.0 Å². The number of hydrogen-bond acceptors (Lipinski definition) is 12. The molecule has 644 valence electrons. The number of carbonyl (C=O) groups is 10. The van der Waals surface area contributed by atoms with Crippen LogP contribution >= 0.6 is 15.9 Å². The van der Waals surface area contributed by atoms with Gasteiger partial charge in [-0.25, -0.2) is 0 Å². The Labute approximate surface area is 745 Å². The van der Waals surface area contributed by atoms with Crippen LogP contribution in [0.1, 0.15) is 265 Å². The molecule has 7 aromatic carbocycles. The molecule has 0 radical (unpaired) electrons. The Balaban J connectivity index is 0.000000114. The maximum absolute atomic E-state index is 12.5. The van der Waals surface area contributed by atoms with Crippen molar-refractivity contribution in [2.45, 2.75) is 159 Å². The van der Waals surface area contributed by atoms with Crippen LogP contribution in [0, 0.1) is 0 Å². The van der Waals surface area contributed by atoms with Crippen LogP contribution in [-0.4, -0.2) is 100 Å². The van der Waals surface area contributed by atoms with E-state index in [9.17, 15) is 53.1 Å². The summed E-state index contributed by atoms with van der Waals surface area (Å²) in [5.74, 6) is -0.209. The van der Waals surface area contributed by atoms with Gasteiger partial charge in [0.15, 0.2) is 0 Å². The summed E-state index contributed by atoms with van der Waals surface area (Å²) in [5.41, 5.74) is 23.1. The molecule has 14 aromatic rings. The topological polar surface area (TPSA) is 284 Å². The number of nitrogens with one attached hydrogen (secondary N) is 1. The van der Waals surface area contributed by atoms with Crippen LogP contribution in [-0.2, 0) is 60.2 Å². The first kappa shape index (κ1) is 88.1. The van der Waals surface area contributed by atoms with Crippen LogP contribution in [0.15, 0.2) is 297 Å². The number of aliphatic hydroxyl groups is 1. The number of amides is 1. The molecule has 21 nitrogen and oxygen atoms in total. The number of Topliss-reactive ketones (excluding diaryl/α,β-unsaturated/α-hetero) is 1. The highest BCUT2D eigenvalue weighted by atomic mass is 79.9. The molecule has 22 heteroatoms. The van der Waals surface area contributed by atoms with Gasteiger partial charge in [0, 0.05) is 144 Å². The van der Waals surface area contributed by atoms with Gasteiger partial charge < -0.3 is 53.2 Å². The number of halogens is 1. The first-order chi connectivity index (χ1) is 61.6. The van der Waals surface area contributed by atoms with Crippen molar-refractivity contribution < 1.29 is 58.2 Å². The predicted octanol–water partition coefficient (Wildman–Crippen LogP) is 18.8. The molecular formula is C105H100BrN9O12. The third-order valence-electron chi connectivity index (χ3n) is 24.6. The first-order valence-corrected chi connectivity index (χ1v) is 44.2. The van der Waals surface area contributed by atoms with E-state index in [0.717, 1.165) is 134 Å². The summed E-state index contributed by atoms with van der Waals surface area (Å²) in [4.78, 5) is 121. The maximum atomic E-state index is 12.5. The number of aliphatic carboxylic acids is 1. The minimum absolute atomic E-state index is 0.0184. The molecule has 0 aliphatic carbocycles. The molecule has 14 heterocycles. The zero-order chi connectivity index (χ0) is 88.9. The number of nitrogens with two attached hydrogens (primary N) is 1. The molecule has 0 saturated carbocycles. The average molecular weight is 1760 g/mol. The molecule has 1 amide bonds. The molecular weight excluding hydrogens is 1660 g/mol. The number of ketones is 8. The Bertz CT molecular complexity index is 5920. The Kier molecular flexibility index (Phi) is 27.8. The summed E-state index contributed by atoms with van der Waals surface area (Å²) in [6.45, 7) is 11.2. The number of fused-ring (bicyclic) bond motifs is 7. The second-order valence-corrected chi connectivity index (χ2v) is 33.6. The molecule has 7 unspecified atom stereocenters. The number of aliphatic hydroxyl groups excluding tert-OH is 1. The SMILES string of the molecule is CC(=O)NC1CCn2c(C(=O)c3ccccc3)ccc21.CC1CCn2c(C(=O)c3ccccc3)ccc21.CCC(=O)C1CCn2c(C(=O)c3ccccc3)ccc21.NC1CCn2c(C(=O)c3ccccc3)ccc21.O=C(c1ccccc1)c1ccc2n1CCC2Br.O=C(c1ccccc1)c1ccc2n1CCC2C(=O)O.O=C(c1ccccc1)c1ccc2n1CCC2O. The number of hydrogen-bond donors (Lipinski definition) is 4. The minimum atomic E-state index is -0.824. The van der Waals surface area contributed by atoms with Crippen molar-refractivity contribution in [3.8, 4) is 0 Å². The molecule has 7 aliphatic rings. The molecule has 0 fully saturated rings. The average Bonchev–Trinajstić information content (AvgIpc) is 1.63. The lowest BCUT2D eigenvalue weighted by atomic mass is 9.98. The highest BCUT2D eigenvalue weighted by Crippen LogP contribution is 2.39.